The van der Waals surface area contributed by atoms with E-state index in [1.807, 2.05) is 0 Å². The molecule has 0 radical (unpaired) electrons. The average Bonchev–Trinajstić information content (AvgIpc) is 2.36. The van der Waals surface area contributed by atoms with Gasteiger partial charge in [0.15, 0.2) is 0 Å². The Morgan fingerprint density at radius 1 is 1.60 bits per heavy atom. The summed E-state index contributed by atoms with van der Waals surface area (Å²) in [5.74, 6) is 0. The molecule has 4 heteroatoms. The number of aromatic nitrogens is 2. The Hall–Kier alpha value is -1.58. The molecule has 2 aromatic rings. The summed E-state index contributed by atoms with van der Waals surface area (Å²) in [7, 11) is 0. The van der Waals surface area contributed by atoms with Gasteiger partial charge in [0.25, 0.3) is 5.56 Å². The molecule has 0 aliphatic rings. The van der Waals surface area contributed by atoms with Gasteiger partial charge in [0, 0.05) is 6.20 Å². The first-order valence-corrected chi connectivity index (χ1v) is 2.80. The first-order chi connectivity index (χ1) is 4.88. The molecule has 0 fully saturated rings. The van der Waals surface area contributed by atoms with E-state index in [1.54, 1.807) is 6.07 Å². The minimum Gasteiger partial charge on any atom is -0.363 e. The van der Waals surface area contributed by atoms with E-state index in [2.05, 4.69) is 14.7 Å². The fourth-order valence-electron chi connectivity index (χ4n) is 0.809. The molecule has 0 aliphatic carbocycles. The van der Waals surface area contributed by atoms with E-state index in [0.29, 0.717) is 10.9 Å². The second-order valence-electron chi connectivity index (χ2n) is 1.92. The third-order valence-corrected chi connectivity index (χ3v) is 1.30. The van der Waals surface area contributed by atoms with Gasteiger partial charge in [-0.2, -0.15) is 0 Å². The van der Waals surface area contributed by atoms with Crippen LogP contribution in [0, 0.1) is 0 Å². The lowest BCUT2D eigenvalue weighted by atomic mass is 10.3. The summed E-state index contributed by atoms with van der Waals surface area (Å²) in [5.41, 5.74) is 0.419. The lowest BCUT2D eigenvalue weighted by molar-refractivity contribution is 0.428. The summed E-state index contributed by atoms with van der Waals surface area (Å²) < 4.78 is 4.58. The van der Waals surface area contributed by atoms with Crippen LogP contribution in [0.3, 0.4) is 0 Å². The lowest BCUT2D eigenvalue weighted by Gasteiger charge is -1.79. The molecule has 50 valence electrons. The fraction of sp³-hybridized carbons (Fsp3) is 0. The maximum absolute atomic E-state index is 10.9. The van der Waals surface area contributed by atoms with Gasteiger partial charge in [-0.15, -0.1) is 0 Å². The van der Waals surface area contributed by atoms with E-state index in [9.17, 15) is 4.79 Å². The predicted molar refractivity (Wildman–Crippen MR) is 34.6 cm³/mol. The zero-order chi connectivity index (χ0) is 6.97. The Labute approximate surface area is 55.5 Å². The van der Waals surface area contributed by atoms with Gasteiger partial charge in [0.2, 0.25) is 0 Å². The van der Waals surface area contributed by atoms with Crippen molar-refractivity contribution in [3.8, 4) is 0 Å². The van der Waals surface area contributed by atoms with E-state index < -0.39 is 0 Å². The molecule has 10 heavy (non-hydrogen) atoms. The molecule has 0 aliphatic heterocycles. The minimum absolute atomic E-state index is 0.168. The van der Waals surface area contributed by atoms with E-state index in [4.69, 9.17) is 0 Å². The van der Waals surface area contributed by atoms with Gasteiger partial charge in [-0.25, -0.2) is 0 Å². The Morgan fingerprint density at radius 2 is 2.50 bits per heavy atom. The summed E-state index contributed by atoms with van der Waals surface area (Å²) in [4.78, 5) is 13.4. The van der Waals surface area contributed by atoms with Crippen molar-refractivity contribution in [2.75, 3.05) is 0 Å². The van der Waals surface area contributed by atoms with Crippen LogP contribution in [0.25, 0.3) is 10.9 Å². The second kappa shape index (κ2) is 1.70. The summed E-state index contributed by atoms with van der Waals surface area (Å²) >= 11 is 0. The molecule has 2 rings (SSSR count). The van der Waals surface area contributed by atoms with E-state index in [1.165, 1.54) is 12.5 Å². The normalized spacial score (nSPS) is 10.4. The monoisotopic (exact) mass is 136 g/mol. The standard InChI is InChI=1S/C6H4N2O2/c9-6-4-3-10-8-5(4)1-2-7-6/h1-3H,(H,7,9). The first kappa shape index (κ1) is 5.22. The topological polar surface area (TPSA) is 58.9 Å². The lowest BCUT2D eigenvalue weighted by Crippen LogP contribution is -2.02. The van der Waals surface area contributed by atoms with E-state index >= 15 is 0 Å². The molecule has 0 spiro atoms. The van der Waals surface area contributed by atoms with Crippen molar-refractivity contribution in [1.29, 1.82) is 0 Å². The second-order valence-corrected chi connectivity index (χ2v) is 1.92. The van der Waals surface area contributed by atoms with Crippen molar-refractivity contribution in [2.45, 2.75) is 0 Å². The number of hydrogen-bond acceptors (Lipinski definition) is 3. The molecule has 2 heterocycles. The minimum atomic E-state index is -0.168. The van der Waals surface area contributed by atoms with Gasteiger partial charge < -0.3 is 9.51 Å². The highest BCUT2D eigenvalue weighted by Crippen LogP contribution is 2.02. The molecular weight excluding hydrogens is 132 g/mol. The van der Waals surface area contributed by atoms with Gasteiger partial charge >= 0.3 is 0 Å². The van der Waals surface area contributed by atoms with Gasteiger partial charge in [0.05, 0.1) is 0 Å². The largest absolute Gasteiger partial charge is 0.363 e. The number of hydrogen-bond donors (Lipinski definition) is 1. The van der Waals surface area contributed by atoms with Crippen molar-refractivity contribution in [3.63, 3.8) is 0 Å². The van der Waals surface area contributed by atoms with E-state index in [-0.39, 0.29) is 5.56 Å². The van der Waals surface area contributed by atoms with Crippen LogP contribution in [0.15, 0.2) is 27.8 Å². The highest BCUT2D eigenvalue weighted by atomic mass is 16.5. The molecule has 0 amide bonds. The van der Waals surface area contributed by atoms with Crippen LogP contribution in [-0.2, 0) is 0 Å². The number of pyridine rings is 1. The smallest absolute Gasteiger partial charge is 0.260 e. The zero-order valence-electron chi connectivity index (χ0n) is 5.00. The summed E-state index contributed by atoms with van der Waals surface area (Å²) in [6.45, 7) is 0. The summed E-state index contributed by atoms with van der Waals surface area (Å²) in [6.07, 6.45) is 2.86. The van der Waals surface area contributed by atoms with Crippen LogP contribution in [-0.4, -0.2) is 10.1 Å². The van der Waals surface area contributed by atoms with Gasteiger partial charge in [-0.1, -0.05) is 5.16 Å². The maximum atomic E-state index is 10.9. The van der Waals surface area contributed by atoms with Crippen molar-refractivity contribution in [3.05, 3.63) is 28.9 Å². The highest BCUT2D eigenvalue weighted by molar-refractivity contribution is 5.75. The van der Waals surface area contributed by atoms with Crippen LogP contribution in [0.1, 0.15) is 0 Å². The Morgan fingerprint density at radius 3 is 3.30 bits per heavy atom. The SMILES string of the molecule is O=c1[nH]ccc2nocc12. The average molecular weight is 136 g/mol. The van der Waals surface area contributed by atoms with Gasteiger partial charge in [-0.3, -0.25) is 4.79 Å². The van der Waals surface area contributed by atoms with Gasteiger partial charge in [0.1, 0.15) is 17.2 Å². The Kier molecular flexibility index (Phi) is 0.887. The first-order valence-electron chi connectivity index (χ1n) is 2.80. The Balaban J connectivity index is 3.09. The molecule has 1 N–H and O–H groups in total. The zero-order valence-corrected chi connectivity index (χ0v) is 5.00. The van der Waals surface area contributed by atoms with Crippen LogP contribution in [0.4, 0.5) is 0 Å². The van der Waals surface area contributed by atoms with Crippen LogP contribution < -0.4 is 5.56 Å². The number of fused-ring (bicyclic) bond motifs is 1. The molecule has 0 saturated heterocycles. The van der Waals surface area contributed by atoms with Crippen molar-refractivity contribution >= 4 is 10.9 Å². The van der Waals surface area contributed by atoms with Crippen molar-refractivity contribution in [2.24, 2.45) is 0 Å². The number of aromatic amines is 1. The van der Waals surface area contributed by atoms with Gasteiger partial charge in [-0.05, 0) is 6.07 Å². The van der Waals surface area contributed by atoms with Crippen molar-refractivity contribution in [1.82, 2.24) is 10.1 Å². The predicted octanol–water partition coefficient (Wildman–Crippen LogP) is 0.516. The number of nitrogens with zero attached hydrogens (tertiary/aromatic N) is 1. The van der Waals surface area contributed by atoms with Crippen LogP contribution in [0.2, 0.25) is 0 Å². The maximum Gasteiger partial charge on any atom is 0.260 e. The third kappa shape index (κ3) is 0.556. The van der Waals surface area contributed by atoms with E-state index in [0.717, 1.165) is 0 Å². The molecule has 0 unspecified atom stereocenters. The summed E-state index contributed by atoms with van der Waals surface area (Å²) in [5, 5.41) is 4.07. The molecule has 0 atom stereocenters. The van der Waals surface area contributed by atoms with Crippen LogP contribution >= 0.6 is 0 Å². The molecule has 0 bridgehead atoms. The Bertz CT molecular complexity index is 401. The van der Waals surface area contributed by atoms with Crippen LogP contribution in [0.5, 0.6) is 0 Å². The number of nitrogens with one attached hydrogen (secondary N) is 1. The quantitative estimate of drug-likeness (QED) is 0.574. The molecule has 0 saturated carbocycles. The highest BCUT2D eigenvalue weighted by Gasteiger charge is 1.98. The molecule has 0 aromatic carbocycles. The number of H-pyrrole nitrogens is 1. The fourth-order valence-corrected chi connectivity index (χ4v) is 0.809. The third-order valence-electron chi connectivity index (χ3n) is 1.30. The number of rotatable bonds is 0. The molecule has 4 nitrogen and oxygen atoms in total. The van der Waals surface area contributed by atoms with Crippen molar-refractivity contribution < 1.29 is 4.52 Å². The summed E-state index contributed by atoms with van der Waals surface area (Å²) in [6, 6.07) is 1.68. The molecule has 2 aromatic heterocycles. The molecular formula is C6H4N2O2.